The van der Waals surface area contributed by atoms with Crippen molar-refractivity contribution in [2.24, 2.45) is 5.92 Å². The first-order chi connectivity index (χ1) is 9.33. The topological polar surface area (TPSA) is 42.3 Å². The monoisotopic (exact) mass is 266 g/mol. The van der Waals surface area contributed by atoms with Gasteiger partial charge in [-0.3, -0.25) is 4.90 Å². The first kappa shape index (κ1) is 14.5. The molecule has 1 fully saturated rings. The third-order valence-electron chi connectivity index (χ3n) is 3.80. The van der Waals surface area contributed by atoms with Gasteiger partial charge < -0.3 is 14.6 Å². The second-order valence-electron chi connectivity index (χ2n) is 5.33. The van der Waals surface area contributed by atoms with E-state index in [9.17, 15) is 0 Å². The highest BCUT2D eigenvalue weighted by atomic mass is 16.5. The van der Waals surface area contributed by atoms with E-state index in [-0.39, 0.29) is 0 Å². The number of rotatable bonds is 7. The van der Waals surface area contributed by atoms with Crippen LogP contribution in [0.25, 0.3) is 0 Å². The van der Waals surface area contributed by atoms with Crippen molar-refractivity contribution in [3.8, 4) is 0 Å². The van der Waals surface area contributed by atoms with Crippen molar-refractivity contribution in [2.45, 2.75) is 25.9 Å². The molecule has 1 aromatic heterocycles. The van der Waals surface area contributed by atoms with E-state index in [1.807, 2.05) is 19.4 Å². The van der Waals surface area contributed by atoms with E-state index in [1.54, 1.807) is 7.11 Å². The summed E-state index contributed by atoms with van der Waals surface area (Å²) in [5, 5.41) is 3.29. The van der Waals surface area contributed by atoms with Crippen LogP contribution in [-0.2, 0) is 17.8 Å². The third-order valence-corrected chi connectivity index (χ3v) is 3.80. The van der Waals surface area contributed by atoms with E-state index in [1.165, 1.54) is 25.9 Å². The minimum atomic E-state index is 0.742. The molecule has 0 aromatic carbocycles. The van der Waals surface area contributed by atoms with Gasteiger partial charge in [-0.1, -0.05) is 0 Å². The maximum atomic E-state index is 5.14. The second-order valence-corrected chi connectivity index (χ2v) is 5.33. The number of ether oxygens (including phenoxy) is 1. The van der Waals surface area contributed by atoms with Gasteiger partial charge in [0.15, 0.2) is 0 Å². The van der Waals surface area contributed by atoms with Gasteiger partial charge in [0.1, 0.15) is 5.82 Å². The van der Waals surface area contributed by atoms with Crippen LogP contribution >= 0.6 is 0 Å². The van der Waals surface area contributed by atoms with Crippen molar-refractivity contribution in [2.75, 3.05) is 40.4 Å². The Kier molecular flexibility index (Phi) is 5.82. The van der Waals surface area contributed by atoms with E-state index in [2.05, 4.69) is 19.8 Å². The lowest BCUT2D eigenvalue weighted by Gasteiger charge is -2.32. The van der Waals surface area contributed by atoms with E-state index in [4.69, 9.17) is 4.74 Å². The van der Waals surface area contributed by atoms with Gasteiger partial charge in [-0.05, 0) is 38.9 Å². The minimum absolute atomic E-state index is 0.742. The Morgan fingerprint density at radius 2 is 2.42 bits per heavy atom. The summed E-state index contributed by atoms with van der Waals surface area (Å²) in [5.41, 5.74) is 0. The first-order valence-electron chi connectivity index (χ1n) is 7.19. The van der Waals surface area contributed by atoms with Crippen LogP contribution < -0.4 is 5.32 Å². The molecule has 1 aromatic rings. The molecule has 0 saturated carbocycles. The molecule has 1 N–H and O–H groups in total. The predicted octanol–water partition coefficient (Wildman–Crippen LogP) is 0.961. The fourth-order valence-electron chi connectivity index (χ4n) is 2.84. The predicted molar refractivity (Wildman–Crippen MR) is 76.0 cm³/mol. The van der Waals surface area contributed by atoms with Crippen LogP contribution in [0.15, 0.2) is 12.4 Å². The lowest BCUT2D eigenvalue weighted by atomic mass is 9.98. The van der Waals surface area contributed by atoms with Crippen molar-refractivity contribution in [1.29, 1.82) is 0 Å². The molecule has 19 heavy (non-hydrogen) atoms. The van der Waals surface area contributed by atoms with Gasteiger partial charge in [-0.25, -0.2) is 4.98 Å². The highest BCUT2D eigenvalue weighted by molar-refractivity contribution is 4.93. The minimum Gasteiger partial charge on any atom is -0.383 e. The van der Waals surface area contributed by atoms with Crippen molar-refractivity contribution >= 4 is 0 Å². The number of hydrogen-bond acceptors (Lipinski definition) is 4. The second kappa shape index (κ2) is 7.62. The zero-order valence-corrected chi connectivity index (χ0v) is 12.1. The summed E-state index contributed by atoms with van der Waals surface area (Å²) < 4.78 is 7.34. The van der Waals surface area contributed by atoms with E-state index in [0.717, 1.165) is 38.0 Å². The van der Waals surface area contributed by atoms with Crippen LogP contribution in [0.1, 0.15) is 18.7 Å². The van der Waals surface area contributed by atoms with Gasteiger partial charge in [-0.15, -0.1) is 0 Å². The molecule has 1 atom stereocenters. The fourth-order valence-corrected chi connectivity index (χ4v) is 2.84. The number of aromatic nitrogens is 2. The smallest absolute Gasteiger partial charge is 0.122 e. The quantitative estimate of drug-likeness (QED) is 0.798. The Morgan fingerprint density at radius 3 is 3.21 bits per heavy atom. The molecule has 5 nitrogen and oxygen atoms in total. The molecule has 1 aliphatic rings. The molecule has 2 heterocycles. The maximum Gasteiger partial charge on any atom is 0.122 e. The highest BCUT2D eigenvalue weighted by Crippen LogP contribution is 2.17. The summed E-state index contributed by atoms with van der Waals surface area (Å²) in [5.74, 6) is 1.93. The normalized spacial score (nSPS) is 20.8. The molecule has 5 heteroatoms. The highest BCUT2D eigenvalue weighted by Gasteiger charge is 2.20. The third kappa shape index (κ3) is 4.30. The summed E-state index contributed by atoms with van der Waals surface area (Å²) in [6.07, 6.45) is 6.57. The molecule has 0 spiro atoms. The molecule has 2 rings (SSSR count). The number of hydrogen-bond donors (Lipinski definition) is 1. The number of methoxy groups -OCH3 is 1. The number of likely N-dealkylation sites (tertiary alicyclic amines) is 1. The van der Waals surface area contributed by atoms with Gasteiger partial charge >= 0.3 is 0 Å². The summed E-state index contributed by atoms with van der Waals surface area (Å²) in [6.45, 7) is 6.08. The van der Waals surface area contributed by atoms with E-state index < -0.39 is 0 Å². The number of piperidine rings is 1. The summed E-state index contributed by atoms with van der Waals surface area (Å²) in [7, 11) is 3.78. The number of imidazole rings is 1. The first-order valence-corrected chi connectivity index (χ1v) is 7.19. The number of nitrogens with one attached hydrogen (secondary N) is 1. The zero-order chi connectivity index (χ0) is 13.5. The van der Waals surface area contributed by atoms with Gasteiger partial charge in [0.2, 0.25) is 0 Å². The van der Waals surface area contributed by atoms with Crippen molar-refractivity contribution in [1.82, 2.24) is 19.8 Å². The summed E-state index contributed by atoms with van der Waals surface area (Å²) in [6, 6.07) is 0. The van der Waals surface area contributed by atoms with Crippen molar-refractivity contribution < 1.29 is 4.74 Å². The molecule has 0 aliphatic carbocycles. The molecule has 1 saturated heterocycles. The lowest BCUT2D eigenvalue weighted by molar-refractivity contribution is 0.157. The summed E-state index contributed by atoms with van der Waals surface area (Å²) >= 11 is 0. The molecule has 0 bridgehead atoms. The zero-order valence-electron chi connectivity index (χ0n) is 12.1. The van der Waals surface area contributed by atoms with Crippen molar-refractivity contribution in [3.63, 3.8) is 0 Å². The molecule has 0 radical (unpaired) electrons. The van der Waals surface area contributed by atoms with Gasteiger partial charge in [0.05, 0.1) is 13.2 Å². The van der Waals surface area contributed by atoms with Crippen LogP contribution in [0.4, 0.5) is 0 Å². The number of nitrogens with zero attached hydrogens (tertiary/aromatic N) is 3. The maximum absolute atomic E-state index is 5.14. The van der Waals surface area contributed by atoms with Crippen LogP contribution in [0.2, 0.25) is 0 Å². The Bertz CT molecular complexity index is 364. The van der Waals surface area contributed by atoms with E-state index in [0.29, 0.717) is 0 Å². The molecule has 1 unspecified atom stereocenters. The van der Waals surface area contributed by atoms with Gasteiger partial charge in [-0.2, -0.15) is 0 Å². The van der Waals surface area contributed by atoms with Gasteiger partial charge in [0, 0.05) is 32.6 Å². The Labute approximate surface area is 116 Å². The molecule has 108 valence electrons. The summed E-state index contributed by atoms with van der Waals surface area (Å²) in [4.78, 5) is 7.01. The largest absolute Gasteiger partial charge is 0.383 e. The molecular formula is C14H26N4O. The van der Waals surface area contributed by atoms with Crippen LogP contribution in [0, 0.1) is 5.92 Å². The van der Waals surface area contributed by atoms with Crippen LogP contribution in [-0.4, -0.2) is 54.8 Å². The lowest BCUT2D eigenvalue weighted by Crippen LogP contribution is -2.39. The molecule has 1 aliphatic heterocycles. The average Bonchev–Trinajstić information content (AvgIpc) is 2.84. The van der Waals surface area contributed by atoms with Crippen LogP contribution in [0.5, 0.6) is 0 Å². The van der Waals surface area contributed by atoms with Crippen LogP contribution in [0.3, 0.4) is 0 Å². The SMILES string of the molecule is CNCC1CCCN(Cc2nccn2CCOC)C1. The standard InChI is InChI=1S/C14H26N4O/c1-15-10-13-4-3-6-17(11-13)12-14-16-5-7-18(14)8-9-19-2/h5,7,13,15H,3-4,6,8-12H2,1-2H3. The Balaban J connectivity index is 1.87. The molecule has 0 amide bonds. The fraction of sp³-hybridized carbons (Fsp3) is 0.786. The molecular weight excluding hydrogens is 240 g/mol. The Morgan fingerprint density at radius 1 is 1.53 bits per heavy atom. The average molecular weight is 266 g/mol. The van der Waals surface area contributed by atoms with Crippen molar-refractivity contribution in [3.05, 3.63) is 18.2 Å². The van der Waals surface area contributed by atoms with Gasteiger partial charge in [0.25, 0.3) is 0 Å². The Hall–Kier alpha value is -0.910. The van der Waals surface area contributed by atoms with E-state index >= 15 is 0 Å².